The van der Waals surface area contributed by atoms with Gasteiger partial charge in [0.1, 0.15) is 17.6 Å². The molecule has 0 aliphatic heterocycles. The van der Waals surface area contributed by atoms with Gasteiger partial charge in [0.2, 0.25) is 0 Å². The van der Waals surface area contributed by atoms with E-state index in [4.69, 9.17) is 9.47 Å². The van der Waals surface area contributed by atoms with Gasteiger partial charge in [-0.15, -0.1) is 0 Å². The van der Waals surface area contributed by atoms with E-state index < -0.39 is 0 Å². The molecule has 0 saturated heterocycles. The number of hydrogen-bond donors (Lipinski definition) is 1. The van der Waals surface area contributed by atoms with Crippen LogP contribution in [0.3, 0.4) is 0 Å². The van der Waals surface area contributed by atoms with Crippen LogP contribution in [0.25, 0.3) is 0 Å². The Hall–Kier alpha value is -2.16. The summed E-state index contributed by atoms with van der Waals surface area (Å²) < 4.78 is 11.0. The molecule has 2 aromatic carbocycles. The van der Waals surface area contributed by atoms with Gasteiger partial charge in [-0.25, -0.2) is 0 Å². The average Bonchev–Trinajstić information content (AvgIpc) is 2.48. The molecule has 20 heavy (non-hydrogen) atoms. The van der Waals surface area contributed by atoms with E-state index in [9.17, 15) is 0 Å². The lowest BCUT2D eigenvalue weighted by Crippen LogP contribution is -2.22. The summed E-state index contributed by atoms with van der Waals surface area (Å²) in [5, 5.41) is 3.35. The van der Waals surface area contributed by atoms with E-state index in [-0.39, 0.29) is 6.10 Å². The lowest BCUT2D eigenvalue weighted by Gasteiger charge is -2.16. The maximum absolute atomic E-state index is 5.85. The van der Waals surface area contributed by atoms with E-state index in [1.807, 2.05) is 36.4 Å². The van der Waals surface area contributed by atoms with Crippen LogP contribution < -0.4 is 14.8 Å². The van der Waals surface area contributed by atoms with Crippen LogP contribution in [0.4, 0.5) is 5.69 Å². The second-order valence-electron chi connectivity index (χ2n) is 4.85. The summed E-state index contributed by atoms with van der Waals surface area (Å²) in [7, 11) is 1.67. The lowest BCUT2D eigenvalue weighted by molar-refractivity contribution is 0.234. The molecule has 0 spiro atoms. The van der Waals surface area contributed by atoms with Crippen molar-refractivity contribution in [1.29, 1.82) is 0 Å². The summed E-state index contributed by atoms with van der Waals surface area (Å²) >= 11 is 0. The van der Waals surface area contributed by atoms with E-state index in [0.717, 1.165) is 23.7 Å². The van der Waals surface area contributed by atoms with Crippen LogP contribution >= 0.6 is 0 Å². The summed E-state index contributed by atoms with van der Waals surface area (Å²) in [6.07, 6.45) is 0.0970. The molecule has 1 N–H and O–H groups in total. The Kier molecular flexibility index (Phi) is 4.88. The largest absolute Gasteiger partial charge is 0.497 e. The zero-order chi connectivity index (χ0) is 14.4. The molecule has 1 atom stereocenters. The highest BCUT2D eigenvalue weighted by atomic mass is 16.5. The zero-order valence-corrected chi connectivity index (χ0v) is 12.2. The Morgan fingerprint density at radius 3 is 2.15 bits per heavy atom. The minimum atomic E-state index is 0.0970. The zero-order valence-electron chi connectivity index (χ0n) is 12.2. The first-order valence-corrected chi connectivity index (χ1v) is 6.78. The summed E-state index contributed by atoms with van der Waals surface area (Å²) in [4.78, 5) is 0. The van der Waals surface area contributed by atoms with Crippen molar-refractivity contribution in [2.45, 2.75) is 20.0 Å². The summed E-state index contributed by atoms with van der Waals surface area (Å²) in [6.45, 7) is 4.87. The van der Waals surface area contributed by atoms with E-state index in [1.54, 1.807) is 7.11 Å². The Bertz CT molecular complexity index is 520. The second kappa shape index (κ2) is 6.85. The molecule has 0 aliphatic rings. The Labute approximate surface area is 120 Å². The number of aryl methyl sites for hydroxylation is 1. The van der Waals surface area contributed by atoms with Gasteiger partial charge in [0.05, 0.1) is 13.7 Å². The van der Waals surface area contributed by atoms with Crippen molar-refractivity contribution in [3.8, 4) is 11.5 Å². The molecule has 1 unspecified atom stereocenters. The van der Waals surface area contributed by atoms with Crippen molar-refractivity contribution < 1.29 is 9.47 Å². The van der Waals surface area contributed by atoms with E-state index >= 15 is 0 Å². The average molecular weight is 271 g/mol. The number of rotatable bonds is 6. The van der Waals surface area contributed by atoms with Crippen molar-refractivity contribution in [2.24, 2.45) is 0 Å². The number of anilines is 1. The minimum absolute atomic E-state index is 0.0970. The molecule has 106 valence electrons. The first-order valence-electron chi connectivity index (χ1n) is 6.78. The topological polar surface area (TPSA) is 30.5 Å². The van der Waals surface area contributed by atoms with Gasteiger partial charge in [0.15, 0.2) is 0 Å². The van der Waals surface area contributed by atoms with Gasteiger partial charge in [-0.3, -0.25) is 0 Å². The lowest BCUT2D eigenvalue weighted by atomic mass is 10.2. The maximum Gasteiger partial charge on any atom is 0.119 e. The molecular formula is C17H21NO2. The van der Waals surface area contributed by atoms with Crippen LogP contribution in [0.15, 0.2) is 48.5 Å². The molecule has 0 aromatic heterocycles. The van der Waals surface area contributed by atoms with Crippen LogP contribution in [0, 0.1) is 6.92 Å². The monoisotopic (exact) mass is 271 g/mol. The highest BCUT2D eigenvalue weighted by molar-refractivity contribution is 5.46. The van der Waals surface area contributed by atoms with Gasteiger partial charge >= 0.3 is 0 Å². The Morgan fingerprint density at radius 2 is 1.55 bits per heavy atom. The molecule has 0 fully saturated rings. The summed E-state index contributed by atoms with van der Waals surface area (Å²) in [5.41, 5.74) is 2.30. The maximum atomic E-state index is 5.85. The van der Waals surface area contributed by atoms with Gasteiger partial charge in [0, 0.05) is 5.69 Å². The van der Waals surface area contributed by atoms with E-state index in [1.165, 1.54) is 5.56 Å². The third-order valence-electron chi connectivity index (χ3n) is 3.04. The van der Waals surface area contributed by atoms with Crippen molar-refractivity contribution in [3.05, 3.63) is 54.1 Å². The van der Waals surface area contributed by atoms with Crippen LogP contribution in [0.2, 0.25) is 0 Å². The highest BCUT2D eigenvalue weighted by Crippen LogP contribution is 2.16. The van der Waals surface area contributed by atoms with Crippen molar-refractivity contribution in [3.63, 3.8) is 0 Å². The van der Waals surface area contributed by atoms with Crippen LogP contribution in [-0.4, -0.2) is 19.8 Å². The molecule has 0 radical (unpaired) electrons. The van der Waals surface area contributed by atoms with Crippen molar-refractivity contribution in [2.75, 3.05) is 19.0 Å². The highest BCUT2D eigenvalue weighted by Gasteiger charge is 2.04. The number of hydrogen-bond acceptors (Lipinski definition) is 3. The van der Waals surface area contributed by atoms with Crippen LogP contribution in [0.5, 0.6) is 11.5 Å². The van der Waals surface area contributed by atoms with Gasteiger partial charge in [-0.05, 0) is 50.2 Å². The molecule has 3 heteroatoms. The number of nitrogens with one attached hydrogen (secondary N) is 1. The van der Waals surface area contributed by atoms with Crippen molar-refractivity contribution >= 4 is 5.69 Å². The first kappa shape index (κ1) is 14.3. The normalized spacial score (nSPS) is 11.8. The third-order valence-corrected chi connectivity index (χ3v) is 3.04. The smallest absolute Gasteiger partial charge is 0.119 e. The predicted octanol–water partition coefficient (Wildman–Crippen LogP) is 3.88. The second-order valence-corrected chi connectivity index (χ2v) is 4.85. The number of benzene rings is 2. The molecule has 2 rings (SSSR count). The Balaban J connectivity index is 1.82. The molecule has 0 saturated carbocycles. The molecular weight excluding hydrogens is 250 g/mol. The van der Waals surface area contributed by atoms with Gasteiger partial charge in [0.25, 0.3) is 0 Å². The third kappa shape index (κ3) is 4.19. The molecule has 0 heterocycles. The first-order chi connectivity index (χ1) is 9.67. The van der Waals surface area contributed by atoms with Crippen LogP contribution in [-0.2, 0) is 0 Å². The number of ether oxygens (including phenoxy) is 2. The summed E-state index contributed by atoms with van der Waals surface area (Å²) in [5.74, 6) is 1.76. The molecule has 0 bridgehead atoms. The fourth-order valence-corrected chi connectivity index (χ4v) is 1.86. The Morgan fingerprint density at radius 1 is 0.950 bits per heavy atom. The van der Waals surface area contributed by atoms with Gasteiger partial charge < -0.3 is 14.8 Å². The predicted molar refractivity (Wildman–Crippen MR) is 82.8 cm³/mol. The quantitative estimate of drug-likeness (QED) is 0.864. The summed E-state index contributed by atoms with van der Waals surface area (Å²) in [6, 6.07) is 16.0. The number of methoxy groups -OCH3 is 1. The standard InChI is InChI=1S/C17H21NO2/c1-13-4-8-17(9-5-13)20-14(2)12-18-15-6-10-16(19-3)11-7-15/h4-11,14,18H,12H2,1-3H3. The SMILES string of the molecule is COc1ccc(NCC(C)Oc2ccc(C)cc2)cc1. The fraction of sp³-hybridized carbons (Fsp3) is 0.294. The van der Waals surface area contributed by atoms with Gasteiger partial charge in [-0.1, -0.05) is 17.7 Å². The van der Waals surface area contributed by atoms with Gasteiger partial charge in [-0.2, -0.15) is 0 Å². The van der Waals surface area contributed by atoms with Crippen molar-refractivity contribution in [1.82, 2.24) is 0 Å². The van der Waals surface area contributed by atoms with E-state index in [2.05, 4.69) is 31.3 Å². The minimum Gasteiger partial charge on any atom is -0.497 e. The molecule has 2 aromatic rings. The molecule has 0 aliphatic carbocycles. The molecule has 0 amide bonds. The van der Waals surface area contributed by atoms with Crippen LogP contribution in [0.1, 0.15) is 12.5 Å². The molecule has 3 nitrogen and oxygen atoms in total. The fourth-order valence-electron chi connectivity index (χ4n) is 1.86. The van der Waals surface area contributed by atoms with E-state index in [0.29, 0.717) is 0 Å².